The zero-order valence-corrected chi connectivity index (χ0v) is 12.7. The van der Waals surface area contributed by atoms with Gasteiger partial charge in [-0.2, -0.15) is 5.10 Å². The molecule has 1 aromatic carbocycles. The van der Waals surface area contributed by atoms with E-state index in [1.54, 1.807) is 0 Å². The summed E-state index contributed by atoms with van der Waals surface area (Å²) in [6.07, 6.45) is 5.19. The van der Waals surface area contributed by atoms with E-state index in [1.165, 1.54) is 11.1 Å². The molecular weight excluding hydrogens is 262 g/mol. The van der Waals surface area contributed by atoms with Crippen molar-refractivity contribution in [1.29, 1.82) is 0 Å². The van der Waals surface area contributed by atoms with Crippen molar-refractivity contribution in [2.24, 2.45) is 5.73 Å². The van der Waals surface area contributed by atoms with Gasteiger partial charge in [-0.1, -0.05) is 13.0 Å². The molecule has 1 aliphatic carbocycles. The number of aromatic nitrogens is 2. The number of ether oxygens (including phenoxy) is 1. The molecule has 4 nitrogen and oxygen atoms in total. The minimum atomic E-state index is 0.195. The van der Waals surface area contributed by atoms with E-state index in [-0.39, 0.29) is 6.04 Å². The highest BCUT2D eigenvalue weighted by atomic mass is 16.5. The maximum absolute atomic E-state index is 6.05. The third-order valence-corrected chi connectivity index (χ3v) is 4.33. The Morgan fingerprint density at radius 3 is 3.10 bits per heavy atom. The first-order chi connectivity index (χ1) is 10.2. The highest BCUT2D eigenvalue weighted by Crippen LogP contribution is 2.32. The van der Waals surface area contributed by atoms with Crippen molar-refractivity contribution in [2.75, 3.05) is 0 Å². The van der Waals surface area contributed by atoms with Gasteiger partial charge >= 0.3 is 0 Å². The first-order valence-electron chi connectivity index (χ1n) is 7.72. The Morgan fingerprint density at radius 1 is 1.43 bits per heavy atom. The lowest BCUT2D eigenvalue weighted by atomic mass is 10.1. The standard InChI is InChI=1S/C17H23N3O/c1-3-12(2)20-9-8-14(19-20)11-21-15-5-6-16-13(10-15)4-7-17(16)18/h5-6,8-10,12,17H,3-4,7,11,18H2,1-2H3/t12?,17-/m0/s1. The summed E-state index contributed by atoms with van der Waals surface area (Å²) in [6, 6.07) is 8.87. The molecule has 0 aliphatic heterocycles. The van der Waals surface area contributed by atoms with Crippen LogP contribution in [0.25, 0.3) is 0 Å². The van der Waals surface area contributed by atoms with E-state index >= 15 is 0 Å². The Labute approximate surface area is 125 Å². The summed E-state index contributed by atoms with van der Waals surface area (Å²) in [5.74, 6) is 0.904. The van der Waals surface area contributed by atoms with Crippen LogP contribution in [0, 0.1) is 0 Å². The Hall–Kier alpha value is -1.81. The quantitative estimate of drug-likeness (QED) is 0.916. The van der Waals surface area contributed by atoms with Crippen molar-refractivity contribution in [3.63, 3.8) is 0 Å². The number of hydrogen-bond acceptors (Lipinski definition) is 3. The molecule has 3 rings (SSSR count). The molecule has 0 spiro atoms. The van der Waals surface area contributed by atoms with E-state index in [4.69, 9.17) is 10.5 Å². The number of rotatable bonds is 5. The van der Waals surface area contributed by atoms with Crippen LogP contribution < -0.4 is 10.5 Å². The summed E-state index contributed by atoms with van der Waals surface area (Å²) >= 11 is 0. The SMILES string of the molecule is CCC(C)n1ccc(COc2ccc3c(c2)CC[C@@H]3N)n1. The number of fused-ring (bicyclic) bond motifs is 1. The maximum Gasteiger partial charge on any atom is 0.132 e. The van der Waals surface area contributed by atoms with Crippen molar-refractivity contribution in [2.45, 2.75) is 51.8 Å². The van der Waals surface area contributed by atoms with E-state index in [0.29, 0.717) is 12.6 Å². The number of hydrogen-bond donors (Lipinski definition) is 1. The molecule has 0 bridgehead atoms. The van der Waals surface area contributed by atoms with E-state index in [1.807, 2.05) is 23.0 Å². The monoisotopic (exact) mass is 285 g/mol. The molecule has 1 aliphatic rings. The second-order valence-corrected chi connectivity index (χ2v) is 5.84. The maximum atomic E-state index is 6.05. The molecule has 21 heavy (non-hydrogen) atoms. The van der Waals surface area contributed by atoms with Crippen molar-refractivity contribution >= 4 is 0 Å². The first kappa shape index (κ1) is 14.1. The molecule has 2 aromatic rings. The van der Waals surface area contributed by atoms with Gasteiger partial charge in [0.25, 0.3) is 0 Å². The number of nitrogens with two attached hydrogens (primary N) is 1. The third-order valence-electron chi connectivity index (χ3n) is 4.33. The van der Waals surface area contributed by atoms with Crippen molar-refractivity contribution in [3.05, 3.63) is 47.3 Å². The van der Waals surface area contributed by atoms with Gasteiger partial charge in [0, 0.05) is 18.3 Å². The average molecular weight is 285 g/mol. The van der Waals surface area contributed by atoms with E-state index < -0.39 is 0 Å². The van der Waals surface area contributed by atoms with Gasteiger partial charge in [0.1, 0.15) is 12.4 Å². The smallest absolute Gasteiger partial charge is 0.132 e. The molecule has 112 valence electrons. The summed E-state index contributed by atoms with van der Waals surface area (Å²) in [7, 11) is 0. The Bertz CT molecular complexity index is 620. The lowest BCUT2D eigenvalue weighted by Crippen LogP contribution is -2.06. The zero-order valence-electron chi connectivity index (χ0n) is 12.7. The number of aryl methyl sites for hydroxylation is 1. The molecule has 2 N–H and O–H groups in total. The lowest BCUT2D eigenvalue weighted by molar-refractivity contribution is 0.298. The van der Waals surface area contributed by atoms with Gasteiger partial charge in [0.15, 0.2) is 0 Å². The van der Waals surface area contributed by atoms with Gasteiger partial charge in [0.05, 0.1) is 5.69 Å². The Kier molecular flexibility index (Phi) is 3.97. The van der Waals surface area contributed by atoms with Gasteiger partial charge in [-0.05, 0) is 55.5 Å². The normalized spacial score (nSPS) is 18.5. The van der Waals surface area contributed by atoms with Crippen molar-refractivity contribution in [1.82, 2.24) is 9.78 Å². The van der Waals surface area contributed by atoms with Crippen LogP contribution in [0.5, 0.6) is 5.75 Å². The second-order valence-electron chi connectivity index (χ2n) is 5.84. The number of nitrogens with zero attached hydrogens (tertiary/aromatic N) is 2. The van der Waals surface area contributed by atoms with Gasteiger partial charge in [-0.25, -0.2) is 0 Å². The zero-order chi connectivity index (χ0) is 14.8. The predicted octanol–water partition coefficient (Wildman–Crippen LogP) is 3.38. The fourth-order valence-electron chi connectivity index (χ4n) is 2.76. The molecule has 0 fully saturated rings. The van der Waals surface area contributed by atoms with Gasteiger partial charge in [0.2, 0.25) is 0 Å². The summed E-state index contributed by atoms with van der Waals surface area (Å²) in [5, 5.41) is 4.55. The van der Waals surface area contributed by atoms with Crippen LogP contribution in [-0.4, -0.2) is 9.78 Å². The fraction of sp³-hybridized carbons (Fsp3) is 0.471. The molecule has 0 saturated heterocycles. The first-order valence-corrected chi connectivity index (χ1v) is 7.72. The van der Waals surface area contributed by atoms with E-state index in [9.17, 15) is 0 Å². The average Bonchev–Trinajstić information content (AvgIpc) is 3.12. The van der Waals surface area contributed by atoms with Gasteiger partial charge < -0.3 is 10.5 Å². The van der Waals surface area contributed by atoms with Crippen LogP contribution in [-0.2, 0) is 13.0 Å². The third kappa shape index (κ3) is 2.95. The Morgan fingerprint density at radius 2 is 2.29 bits per heavy atom. The largest absolute Gasteiger partial charge is 0.487 e. The lowest BCUT2D eigenvalue weighted by Gasteiger charge is -2.09. The minimum absolute atomic E-state index is 0.195. The van der Waals surface area contributed by atoms with Crippen LogP contribution in [0.1, 0.15) is 55.6 Å². The molecule has 1 heterocycles. The van der Waals surface area contributed by atoms with Crippen molar-refractivity contribution in [3.8, 4) is 5.75 Å². The molecule has 4 heteroatoms. The minimum Gasteiger partial charge on any atom is -0.487 e. The van der Waals surface area contributed by atoms with Crippen LogP contribution in [0.15, 0.2) is 30.5 Å². The number of benzene rings is 1. The van der Waals surface area contributed by atoms with E-state index in [2.05, 4.69) is 31.1 Å². The van der Waals surface area contributed by atoms with Crippen LogP contribution in [0.4, 0.5) is 0 Å². The second kappa shape index (κ2) is 5.90. The molecular formula is C17H23N3O. The van der Waals surface area contributed by atoms with E-state index in [0.717, 1.165) is 30.7 Å². The molecule has 1 unspecified atom stereocenters. The van der Waals surface area contributed by atoms with Crippen molar-refractivity contribution < 1.29 is 4.74 Å². The fourth-order valence-corrected chi connectivity index (χ4v) is 2.76. The topological polar surface area (TPSA) is 53.1 Å². The van der Waals surface area contributed by atoms with Crippen LogP contribution in [0.3, 0.4) is 0 Å². The van der Waals surface area contributed by atoms with Gasteiger partial charge in [-0.15, -0.1) is 0 Å². The molecule has 0 amide bonds. The highest BCUT2D eigenvalue weighted by Gasteiger charge is 2.19. The Balaban J connectivity index is 1.64. The predicted molar refractivity (Wildman–Crippen MR) is 83.3 cm³/mol. The summed E-state index contributed by atoms with van der Waals surface area (Å²) in [5.41, 5.74) is 9.61. The molecule has 0 radical (unpaired) electrons. The summed E-state index contributed by atoms with van der Waals surface area (Å²) in [6.45, 7) is 4.84. The molecule has 1 aromatic heterocycles. The van der Waals surface area contributed by atoms with Crippen LogP contribution >= 0.6 is 0 Å². The van der Waals surface area contributed by atoms with Gasteiger partial charge in [-0.3, -0.25) is 4.68 Å². The summed E-state index contributed by atoms with van der Waals surface area (Å²) < 4.78 is 7.86. The summed E-state index contributed by atoms with van der Waals surface area (Å²) in [4.78, 5) is 0. The molecule has 2 atom stereocenters. The molecule has 0 saturated carbocycles. The van der Waals surface area contributed by atoms with Crippen LogP contribution in [0.2, 0.25) is 0 Å². The highest BCUT2D eigenvalue weighted by molar-refractivity contribution is 5.40.